The van der Waals surface area contributed by atoms with Gasteiger partial charge < -0.3 is 5.11 Å². The van der Waals surface area contributed by atoms with Gasteiger partial charge in [-0.15, -0.1) is 0 Å². The molecule has 0 spiro atoms. The molecule has 0 atom stereocenters. The first-order chi connectivity index (χ1) is 12.5. The lowest BCUT2D eigenvalue weighted by Crippen LogP contribution is -2.29. The Morgan fingerprint density at radius 1 is 1.12 bits per heavy atom. The van der Waals surface area contributed by atoms with Gasteiger partial charge in [-0.1, -0.05) is 23.7 Å². The zero-order chi connectivity index (χ0) is 18.7. The second kappa shape index (κ2) is 7.81. The number of aromatic nitrogens is 2. The molecule has 1 N–H and O–H groups in total. The molecule has 0 unspecified atom stereocenters. The highest BCUT2D eigenvalue weighted by Crippen LogP contribution is 2.21. The number of halogens is 2. The number of aliphatic hydroxyl groups is 1. The van der Waals surface area contributed by atoms with Crippen molar-refractivity contribution in [3.05, 3.63) is 86.5 Å². The van der Waals surface area contributed by atoms with Crippen LogP contribution in [0.25, 0.3) is 11.4 Å². The summed E-state index contributed by atoms with van der Waals surface area (Å²) in [7, 11) is 0. The van der Waals surface area contributed by atoms with Crippen molar-refractivity contribution in [2.45, 2.75) is 19.9 Å². The van der Waals surface area contributed by atoms with Crippen LogP contribution in [0.4, 0.5) is 4.39 Å². The minimum Gasteiger partial charge on any atom is -0.396 e. The van der Waals surface area contributed by atoms with Gasteiger partial charge in [0.2, 0.25) is 0 Å². The number of benzene rings is 2. The smallest absolute Gasteiger partial charge is 0.257 e. The van der Waals surface area contributed by atoms with Gasteiger partial charge in [0.25, 0.3) is 5.56 Å². The molecule has 6 heteroatoms. The molecule has 1 heterocycles. The van der Waals surface area contributed by atoms with Gasteiger partial charge >= 0.3 is 0 Å². The molecule has 0 radical (unpaired) electrons. The quantitative estimate of drug-likeness (QED) is 0.744. The van der Waals surface area contributed by atoms with Gasteiger partial charge in [0.05, 0.1) is 6.54 Å². The second-order valence-electron chi connectivity index (χ2n) is 6.00. The standard InChI is InChI=1S/C20H18ClFN2O2/c1-13-18(10-11-25)20(26)24(12-14-2-8-17(22)9-3-14)19(23-13)15-4-6-16(21)7-5-15/h2-9,25H,10-12H2,1H3. The van der Waals surface area contributed by atoms with E-state index < -0.39 is 0 Å². The van der Waals surface area contributed by atoms with Gasteiger partial charge in [-0.3, -0.25) is 9.36 Å². The van der Waals surface area contributed by atoms with E-state index in [1.165, 1.54) is 12.1 Å². The minimum absolute atomic E-state index is 0.130. The summed E-state index contributed by atoms with van der Waals surface area (Å²) in [6, 6.07) is 13.1. The monoisotopic (exact) mass is 372 g/mol. The molecule has 4 nitrogen and oxygen atoms in total. The number of hydrogen-bond acceptors (Lipinski definition) is 3. The fraction of sp³-hybridized carbons (Fsp3) is 0.200. The molecule has 3 rings (SSSR count). The maximum absolute atomic E-state index is 13.2. The number of hydrogen-bond donors (Lipinski definition) is 1. The summed E-state index contributed by atoms with van der Waals surface area (Å²) in [4.78, 5) is 17.6. The first kappa shape index (κ1) is 18.3. The Hall–Kier alpha value is -2.50. The van der Waals surface area contributed by atoms with Crippen molar-refractivity contribution in [1.82, 2.24) is 9.55 Å². The molecule has 134 valence electrons. The third-order valence-electron chi connectivity index (χ3n) is 4.19. The molecular formula is C20H18ClFN2O2. The third kappa shape index (κ3) is 3.84. The molecule has 2 aromatic carbocycles. The Morgan fingerprint density at radius 2 is 1.77 bits per heavy atom. The molecule has 26 heavy (non-hydrogen) atoms. The Balaban J connectivity index is 2.17. The molecule has 0 aliphatic rings. The summed E-state index contributed by atoms with van der Waals surface area (Å²) in [5.41, 5.74) is 2.40. The molecule has 0 aliphatic carbocycles. The first-order valence-electron chi connectivity index (χ1n) is 8.21. The highest BCUT2D eigenvalue weighted by molar-refractivity contribution is 6.30. The normalized spacial score (nSPS) is 10.9. The van der Waals surface area contributed by atoms with Crippen LogP contribution in [0.2, 0.25) is 5.02 Å². The van der Waals surface area contributed by atoms with E-state index in [-0.39, 0.29) is 30.9 Å². The lowest BCUT2D eigenvalue weighted by Gasteiger charge is -2.16. The van der Waals surface area contributed by atoms with Crippen molar-refractivity contribution in [3.63, 3.8) is 0 Å². The highest BCUT2D eigenvalue weighted by Gasteiger charge is 2.16. The maximum atomic E-state index is 13.2. The molecular weight excluding hydrogens is 355 g/mol. The van der Waals surface area contributed by atoms with Gasteiger partial charge in [0.1, 0.15) is 11.6 Å². The van der Waals surface area contributed by atoms with Crippen LogP contribution in [0, 0.1) is 12.7 Å². The molecule has 0 aliphatic heterocycles. The average Bonchev–Trinajstić information content (AvgIpc) is 2.63. The zero-order valence-electron chi connectivity index (χ0n) is 14.2. The van der Waals surface area contributed by atoms with Crippen molar-refractivity contribution in [2.24, 2.45) is 0 Å². The summed E-state index contributed by atoms with van der Waals surface area (Å²) in [5, 5.41) is 9.86. The van der Waals surface area contributed by atoms with E-state index in [0.717, 1.165) is 11.1 Å². The average molecular weight is 373 g/mol. The fourth-order valence-corrected chi connectivity index (χ4v) is 2.96. The second-order valence-corrected chi connectivity index (χ2v) is 6.43. The van der Waals surface area contributed by atoms with Crippen molar-refractivity contribution in [2.75, 3.05) is 6.61 Å². The van der Waals surface area contributed by atoms with Crippen LogP contribution in [0.3, 0.4) is 0 Å². The molecule has 0 saturated carbocycles. The predicted octanol–water partition coefficient (Wildman–Crippen LogP) is 3.59. The van der Waals surface area contributed by atoms with Crippen LogP contribution in [0.15, 0.2) is 53.3 Å². The molecule has 3 aromatic rings. The van der Waals surface area contributed by atoms with E-state index in [0.29, 0.717) is 22.1 Å². The van der Waals surface area contributed by atoms with Crippen molar-refractivity contribution >= 4 is 11.6 Å². The zero-order valence-corrected chi connectivity index (χ0v) is 15.0. The lowest BCUT2D eigenvalue weighted by molar-refractivity contribution is 0.298. The summed E-state index contributed by atoms with van der Waals surface area (Å²) in [5.74, 6) is 0.178. The number of nitrogens with zero attached hydrogens (tertiary/aromatic N) is 2. The van der Waals surface area contributed by atoms with E-state index in [4.69, 9.17) is 11.6 Å². The van der Waals surface area contributed by atoms with Crippen LogP contribution >= 0.6 is 11.6 Å². The van der Waals surface area contributed by atoms with Crippen LogP contribution in [-0.4, -0.2) is 21.3 Å². The van der Waals surface area contributed by atoms with Crippen LogP contribution in [0.5, 0.6) is 0 Å². The van der Waals surface area contributed by atoms with Gasteiger partial charge in [-0.25, -0.2) is 9.37 Å². The van der Waals surface area contributed by atoms with Crippen LogP contribution in [0.1, 0.15) is 16.8 Å². The SMILES string of the molecule is Cc1nc(-c2ccc(Cl)cc2)n(Cc2ccc(F)cc2)c(=O)c1CCO. The van der Waals surface area contributed by atoms with Gasteiger partial charge in [0, 0.05) is 34.9 Å². The summed E-state index contributed by atoms with van der Waals surface area (Å²) >= 11 is 5.96. The fourth-order valence-electron chi connectivity index (χ4n) is 2.84. The lowest BCUT2D eigenvalue weighted by atomic mass is 10.1. The Labute approximate surface area is 155 Å². The van der Waals surface area contributed by atoms with Gasteiger partial charge in [-0.05, 0) is 48.9 Å². The number of rotatable bonds is 5. The van der Waals surface area contributed by atoms with E-state index in [1.54, 1.807) is 47.9 Å². The first-order valence-corrected chi connectivity index (χ1v) is 8.59. The largest absolute Gasteiger partial charge is 0.396 e. The Morgan fingerprint density at radius 3 is 2.38 bits per heavy atom. The maximum Gasteiger partial charge on any atom is 0.257 e. The van der Waals surface area contributed by atoms with Crippen LogP contribution < -0.4 is 5.56 Å². The summed E-state index contributed by atoms with van der Waals surface area (Å²) < 4.78 is 14.7. The summed E-state index contributed by atoms with van der Waals surface area (Å²) in [6.45, 7) is 1.88. The van der Waals surface area contributed by atoms with E-state index in [2.05, 4.69) is 4.98 Å². The highest BCUT2D eigenvalue weighted by atomic mass is 35.5. The molecule has 1 aromatic heterocycles. The summed E-state index contributed by atoms with van der Waals surface area (Å²) in [6.07, 6.45) is 0.238. The van der Waals surface area contributed by atoms with Crippen molar-refractivity contribution in [1.29, 1.82) is 0 Å². The minimum atomic E-state index is -0.331. The Bertz CT molecular complexity index is 967. The van der Waals surface area contributed by atoms with Gasteiger partial charge in [-0.2, -0.15) is 0 Å². The molecule has 0 amide bonds. The Kier molecular flexibility index (Phi) is 5.49. The van der Waals surface area contributed by atoms with E-state index in [1.807, 2.05) is 0 Å². The molecule has 0 bridgehead atoms. The number of aliphatic hydroxyl groups excluding tert-OH is 1. The third-order valence-corrected chi connectivity index (χ3v) is 4.44. The molecule has 0 fully saturated rings. The van der Waals surface area contributed by atoms with E-state index >= 15 is 0 Å². The van der Waals surface area contributed by atoms with Crippen LogP contribution in [-0.2, 0) is 13.0 Å². The van der Waals surface area contributed by atoms with Crippen molar-refractivity contribution in [3.8, 4) is 11.4 Å². The number of aryl methyl sites for hydroxylation is 1. The topological polar surface area (TPSA) is 55.1 Å². The van der Waals surface area contributed by atoms with Gasteiger partial charge in [0.15, 0.2) is 0 Å². The van der Waals surface area contributed by atoms with Crippen molar-refractivity contribution < 1.29 is 9.50 Å². The van der Waals surface area contributed by atoms with E-state index in [9.17, 15) is 14.3 Å². The predicted molar refractivity (Wildman–Crippen MR) is 100.0 cm³/mol. The molecule has 0 saturated heterocycles.